The molecule has 3 N–H and O–H groups in total. The third-order valence-corrected chi connectivity index (χ3v) is 4.92. The van der Waals surface area contributed by atoms with Crippen LogP contribution in [0.15, 0.2) is 17.6 Å². The van der Waals surface area contributed by atoms with Gasteiger partial charge in [-0.1, -0.05) is 19.3 Å². The fourth-order valence-corrected chi connectivity index (χ4v) is 3.93. The van der Waals surface area contributed by atoms with E-state index in [1.54, 1.807) is 0 Å². The Morgan fingerprint density at radius 1 is 1.42 bits per heavy atom. The molecule has 1 aromatic heterocycles. The summed E-state index contributed by atoms with van der Waals surface area (Å²) in [5.74, 6) is -0.991. The zero-order chi connectivity index (χ0) is 13.9. The first kappa shape index (κ1) is 14.0. The average Bonchev–Trinajstić information content (AvgIpc) is 2.81. The predicted octanol–water partition coefficient (Wildman–Crippen LogP) is 0.866. The summed E-state index contributed by atoms with van der Waals surface area (Å²) >= 11 is 0. The standard InChI is InChI=1S/C11H17N3O4S/c15-10(16)6-11(4-2-1-3-5-11)14-19(17,18)9-7-12-8-13-9/h7-8,14H,1-6H2,(H,12,13)(H,15,16). The van der Waals surface area contributed by atoms with E-state index in [0.717, 1.165) is 19.3 Å². The molecule has 0 atom stereocenters. The van der Waals surface area contributed by atoms with Gasteiger partial charge in [0.2, 0.25) is 0 Å². The summed E-state index contributed by atoms with van der Waals surface area (Å²) in [6.45, 7) is 0. The van der Waals surface area contributed by atoms with E-state index in [0.29, 0.717) is 12.8 Å². The molecule has 0 radical (unpaired) electrons. The summed E-state index contributed by atoms with van der Waals surface area (Å²) in [7, 11) is -3.75. The number of H-pyrrole nitrogens is 1. The van der Waals surface area contributed by atoms with Gasteiger partial charge in [-0.3, -0.25) is 4.79 Å². The lowest BCUT2D eigenvalue weighted by Crippen LogP contribution is -2.51. The fraction of sp³-hybridized carbons (Fsp3) is 0.636. The first-order valence-electron chi connectivity index (χ1n) is 6.18. The van der Waals surface area contributed by atoms with Gasteiger partial charge in [-0.15, -0.1) is 0 Å². The van der Waals surface area contributed by atoms with Gasteiger partial charge < -0.3 is 10.1 Å². The highest BCUT2D eigenvalue weighted by molar-refractivity contribution is 7.89. The average molecular weight is 287 g/mol. The molecule has 0 amide bonds. The van der Waals surface area contributed by atoms with E-state index in [4.69, 9.17) is 5.11 Å². The monoisotopic (exact) mass is 287 g/mol. The molecule has 2 rings (SSSR count). The number of hydrogen-bond acceptors (Lipinski definition) is 4. The summed E-state index contributed by atoms with van der Waals surface area (Å²) in [5.41, 5.74) is -0.881. The Labute approximate surface area is 111 Å². The second-order valence-corrected chi connectivity index (χ2v) is 6.58. The van der Waals surface area contributed by atoms with E-state index in [-0.39, 0.29) is 11.4 Å². The minimum atomic E-state index is -3.75. The minimum absolute atomic E-state index is 0.0390. The molecule has 0 saturated heterocycles. The van der Waals surface area contributed by atoms with Crippen molar-refractivity contribution < 1.29 is 18.3 Å². The van der Waals surface area contributed by atoms with Crippen molar-refractivity contribution >= 4 is 16.0 Å². The van der Waals surface area contributed by atoms with Crippen molar-refractivity contribution in [3.63, 3.8) is 0 Å². The van der Waals surface area contributed by atoms with Crippen molar-refractivity contribution in [2.45, 2.75) is 49.1 Å². The number of imidazole rings is 1. The largest absolute Gasteiger partial charge is 0.481 e. The first-order valence-corrected chi connectivity index (χ1v) is 7.66. The molecule has 1 aliphatic rings. The lowest BCUT2D eigenvalue weighted by Gasteiger charge is -2.36. The lowest BCUT2D eigenvalue weighted by atomic mass is 9.80. The van der Waals surface area contributed by atoms with Crippen molar-refractivity contribution in [3.8, 4) is 0 Å². The van der Waals surface area contributed by atoms with Crippen molar-refractivity contribution in [2.75, 3.05) is 0 Å². The van der Waals surface area contributed by atoms with Crippen LogP contribution in [0.2, 0.25) is 0 Å². The number of aromatic nitrogens is 2. The minimum Gasteiger partial charge on any atom is -0.481 e. The molecule has 1 heterocycles. The number of carboxylic acid groups (broad SMARTS) is 1. The number of aliphatic carboxylic acids is 1. The second kappa shape index (κ2) is 5.30. The molecular weight excluding hydrogens is 270 g/mol. The fourth-order valence-electron chi connectivity index (χ4n) is 2.56. The van der Waals surface area contributed by atoms with Crippen molar-refractivity contribution in [1.29, 1.82) is 0 Å². The highest BCUT2D eigenvalue weighted by Crippen LogP contribution is 2.32. The van der Waals surface area contributed by atoms with Crippen LogP contribution in [0.4, 0.5) is 0 Å². The maximum Gasteiger partial charge on any atom is 0.305 e. The molecule has 0 aliphatic heterocycles. The molecular formula is C11H17N3O4S. The van der Waals surface area contributed by atoms with Gasteiger partial charge in [-0.25, -0.2) is 18.1 Å². The van der Waals surface area contributed by atoms with Gasteiger partial charge in [0.25, 0.3) is 10.0 Å². The molecule has 1 fully saturated rings. The maximum atomic E-state index is 12.2. The Kier molecular flexibility index (Phi) is 3.91. The van der Waals surface area contributed by atoms with Crippen LogP contribution in [-0.2, 0) is 14.8 Å². The summed E-state index contributed by atoms with van der Waals surface area (Å²) < 4.78 is 26.9. The van der Waals surface area contributed by atoms with Gasteiger partial charge in [0.15, 0.2) is 5.03 Å². The molecule has 19 heavy (non-hydrogen) atoms. The van der Waals surface area contributed by atoms with Crippen molar-refractivity contribution in [2.24, 2.45) is 0 Å². The van der Waals surface area contributed by atoms with E-state index >= 15 is 0 Å². The summed E-state index contributed by atoms with van der Waals surface area (Å²) in [6, 6.07) is 0. The summed E-state index contributed by atoms with van der Waals surface area (Å²) in [6.07, 6.45) is 6.06. The predicted molar refractivity (Wildman–Crippen MR) is 67.0 cm³/mol. The van der Waals surface area contributed by atoms with Crippen molar-refractivity contribution in [3.05, 3.63) is 12.5 Å². The Balaban J connectivity index is 2.23. The number of carbonyl (C=O) groups is 1. The Morgan fingerprint density at radius 2 is 2.11 bits per heavy atom. The second-order valence-electron chi connectivity index (χ2n) is 4.93. The normalized spacial score (nSPS) is 19.2. The number of nitrogens with one attached hydrogen (secondary N) is 2. The zero-order valence-electron chi connectivity index (χ0n) is 10.4. The molecule has 1 aromatic rings. The quantitative estimate of drug-likeness (QED) is 0.743. The van der Waals surface area contributed by atoms with Gasteiger partial charge in [-0.05, 0) is 12.8 Å². The van der Waals surface area contributed by atoms with E-state index in [9.17, 15) is 13.2 Å². The van der Waals surface area contributed by atoms with Crippen LogP contribution < -0.4 is 4.72 Å². The maximum absolute atomic E-state index is 12.2. The lowest BCUT2D eigenvalue weighted by molar-refractivity contribution is -0.138. The Bertz CT molecular complexity index is 532. The van der Waals surface area contributed by atoms with Crippen LogP contribution in [-0.4, -0.2) is 35.0 Å². The van der Waals surface area contributed by atoms with Gasteiger partial charge in [0.1, 0.15) is 0 Å². The third-order valence-electron chi connectivity index (χ3n) is 3.41. The molecule has 7 nitrogen and oxygen atoms in total. The van der Waals surface area contributed by atoms with Gasteiger partial charge in [0, 0.05) is 5.54 Å². The Morgan fingerprint density at radius 3 is 2.63 bits per heavy atom. The Hall–Kier alpha value is -1.41. The highest BCUT2D eigenvalue weighted by atomic mass is 32.2. The molecule has 0 bridgehead atoms. The van der Waals surface area contributed by atoms with E-state index < -0.39 is 21.5 Å². The van der Waals surface area contributed by atoms with Crippen LogP contribution in [0.1, 0.15) is 38.5 Å². The summed E-state index contributed by atoms with van der Waals surface area (Å²) in [4.78, 5) is 17.2. The van der Waals surface area contributed by atoms with E-state index in [1.165, 1.54) is 12.5 Å². The third kappa shape index (κ3) is 3.32. The molecule has 0 spiro atoms. The molecule has 0 aromatic carbocycles. The smallest absolute Gasteiger partial charge is 0.305 e. The SMILES string of the molecule is O=C(O)CC1(NS(=O)(=O)c2cnc[nH]2)CCCCC1. The first-order chi connectivity index (χ1) is 8.94. The number of rotatable bonds is 5. The zero-order valence-corrected chi connectivity index (χ0v) is 11.2. The number of nitrogens with zero attached hydrogens (tertiary/aromatic N) is 1. The number of hydrogen-bond donors (Lipinski definition) is 3. The van der Waals surface area contributed by atoms with Gasteiger partial charge in [0.05, 0.1) is 18.9 Å². The van der Waals surface area contributed by atoms with Crippen molar-refractivity contribution in [1.82, 2.24) is 14.7 Å². The molecule has 1 aliphatic carbocycles. The number of carboxylic acids is 1. The van der Waals surface area contributed by atoms with Gasteiger partial charge >= 0.3 is 5.97 Å². The number of aromatic amines is 1. The molecule has 0 unspecified atom stereocenters. The molecule has 106 valence electrons. The van der Waals surface area contributed by atoms with Crippen LogP contribution in [0.3, 0.4) is 0 Å². The molecule has 1 saturated carbocycles. The molecule has 8 heteroatoms. The topological polar surface area (TPSA) is 112 Å². The van der Waals surface area contributed by atoms with Gasteiger partial charge in [-0.2, -0.15) is 0 Å². The number of sulfonamides is 1. The van der Waals surface area contributed by atoms with Crippen LogP contribution in [0.5, 0.6) is 0 Å². The van der Waals surface area contributed by atoms with E-state index in [2.05, 4.69) is 14.7 Å². The van der Waals surface area contributed by atoms with Crippen LogP contribution >= 0.6 is 0 Å². The van der Waals surface area contributed by atoms with E-state index in [1.807, 2.05) is 0 Å². The van der Waals surface area contributed by atoms with Crippen LogP contribution in [0, 0.1) is 0 Å². The highest BCUT2D eigenvalue weighted by Gasteiger charge is 2.38. The summed E-state index contributed by atoms with van der Waals surface area (Å²) in [5, 5.41) is 8.96. The van der Waals surface area contributed by atoms with Crippen LogP contribution in [0.25, 0.3) is 0 Å².